The Labute approximate surface area is 163 Å². The minimum Gasteiger partial charge on any atom is -0.493 e. The SMILES string of the molecule is Cc1oc(-c2ccc(SC(F)(F)F)cc2)nc1CCOc1ccc(C=O)cc1. The van der Waals surface area contributed by atoms with Crippen LogP contribution in [0.25, 0.3) is 11.5 Å². The molecule has 0 spiro atoms. The third-order valence-corrected chi connectivity index (χ3v) is 4.59. The Morgan fingerprint density at radius 1 is 1.11 bits per heavy atom. The van der Waals surface area contributed by atoms with Gasteiger partial charge in [-0.25, -0.2) is 4.98 Å². The van der Waals surface area contributed by atoms with Crippen molar-refractivity contribution in [1.82, 2.24) is 4.98 Å². The highest BCUT2D eigenvalue weighted by atomic mass is 32.2. The maximum atomic E-state index is 12.4. The lowest BCUT2D eigenvalue weighted by Crippen LogP contribution is -2.02. The van der Waals surface area contributed by atoms with Gasteiger partial charge in [0.15, 0.2) is 0 Å². The number of oxazole rings is 1. The van der Waals surface area contributed by atoms with E-state index in [0.29, 0.717) is 47.2 Å². The van der Waals surface area contributed by atoms with E-state index in [1.165, 1.54) is 12.1 Å². The molecule has 3 aromatic rings. The first-order valence-electron chi connectivity index (χ1n) is 8.34. The molecule has 8 heteroatoms. The number of benzene rings is 2. The molecule has 1 aromatic heterocycles. The van der Waals surface area contributed by atoms with Crippen molar-refractivity contribution in [2.75, 3.05) is 6.61 Å². The van der Waals surface area contributed by atoms with Gasteiger partial charge in [-0.15, -0.1) is 0 Å². The molecule has 0 bridgehead atoms. The topological polar surface area (TPSA) is 52.3 Å². The molecule has 1 heterocycles. The fourth-order valence-corrected chi connectivity index (χ4v) is 3.03. The number of thioether (sulfide) groups is 1. The van der Waals surface area contributed by atoms with E-state index in [4.69, 9.17) is 9.15 Å². The number of alkyl halides is 3. The molecule has 0 fully saturated rings. The molecule has 0 amide bonds. The lowest BCUT2D eigenvalue weighted by atomic mass is 10.2. The van der Waals surface area contributed by atoms with Crippen molar-refractivity contribution < 1.29 is 27.1 Å². The van der Waals surface area contributed by atoms with E-state index >= 15 is 0 Å². The summed E-state index contributed by atoms with van der Waals surface area (Å²) < 4.78 is 48.5. The maximum absolute atomic E-state index is 12.4. The van der Waals surface area contributed by atoms with Gasteiger partial charge < -0.3 is 9.15 Å². The third-order valence-electron chi connectivity index (χ3n) is 3.85. The highest BCUT2D eigenvalue weighted by Crippen LogP contribution is 2.37. The summed E-state index contributed by atoms with van der Waals surface area (Å²) in [4.78, 5) is 15.2. The van der Waals surface area contributed by atoms with Gasteiger partial charge in [-0.1, -0.05) is 0 Å². The number of hydrogen-bond acceptors (Lipinski definition) is 5. The van der Waals surface area contributed by atoms with Gasteiger partial charge in [0.2, 0.25) is 5.89 Å². The highest BCUT2D eigenvalue weighted by molar-refractivity contribution is 8.00. The van der Waals surface area contributed by atoms with Gasteiger partial charge in [0, 0.05) is 22.4 Å². The monoisotopic (exact) mass is 407 g/mol. The van der Waals surface area contributed by atoms with E-state index in [1.54, 1.807) is 43.3 Å². The van der Waals surface area contributed by atoms with Gasteiger partial charge in [-0.05, 0) is 67.2 Å². The van der Waals surface area contributed by atoms with E-state index in [-0.39, 0.29) is 16.7 Å². The quantitative estimate of drug-likeness (QED) is 0.372. The van der Waals surface area contributed by atoms with E-state index in [9.17, 15) is 18.0 Å². The van der Waals surface area contributed by atoms with Gasteiger partial charge in [0.05, 0.1) is 12.3 Å². The standard InChI is InChI=1S/C20H16F3NO3S/c1-13-18(10-11-26-16-6-2-14(12-25)3-7-16)24-19(27-13)15-4-8-17(9-5-15)28-20(21,22)23/h2-9,12H,10-11H2,1H3. The second-order valence-electron chi connectivity index (χ2n) is 5.88. The van der Waals surface area contributed by atoms with Crippen LogP contribution in [0.1, 0.15) is 21.8 Å². The van der Waals surface area contributed by atoms with Crippen LogP contribution in [0.3, 0.4) is 0 Å². The largest absolute Gasteiger partial charge is 0.493 e. The van der Waals surface area contributed by atoms with E-state index < -0.39 is 5.51 Å². The first-order valence-corrected chi connectivity index (χ1v) is 9.16. The fraction of sp³-hybridized carbons (Fsp3) is 0.200. The van der Waals surface area contributed by atoms with Crippen LogP contribution in [0.2, 0.25) is 0 Å². The Balaban J connectivity index is 1.61. The number of rotatable bonds is 7. The number of aromatic nitrogens is 1. The van der Waals surface area contributed by atoms with E-state index in [0.717, 1.165) is 6.29 Å². The smallest absolute Gasteiger partial charge is 0.446 e. The zero-order valence-corrected chi connectivity index (χ0v) is 15.6. The predicted octanol–water partition coefficient (Wildman–Crippen LogP) is 5.70. The summed E-state index contributed by atoms with van der Waals surface area (Å²) in [6.45, 7) is 2.15. The van der Waals surface area contributed by atoms with Crippen LogP contribution >= 0.6 is 11.8 Å². The van der Waals surface area contributed by atoms with Gasteiger partial charge >= 0.3 is 5.51 Å². The number of nitrogens with zero attached hydrogens (tertiary/aromatic N) is 1. The zero-order chi connectivity index (χ0) is 20.1. The van der Waals surface area contributed by atoms with Crippen LogP contribution in [0.5, 0.6) is 5.75 Å². The van der Waals surface area contributed by atoms with Crippen molar-refractivity contribution in [3.8, 4) is 17.2 Å². The molecule has 0 aliphatic rings. The van der Waals surface area contributed by atoms with Crippen LogP contribution < -0.4 is 4.74 Å². The molecule has 0 aliphatic heterocycles. The summed E-state index contributed by atoms with van der Waals surface area (Å²) in [5, 5.41) is 0. The molecule has 4 nitrogen and oxygen atoms in total. The third kappa shape index (κ3) is 5.39. The second kappa shape index (κ2) is 8.52. The Hall–Kier alpha value is -2.74. The first kappa shape index (κ1) is 20.0. The average molecular weight is 407 g/mol. The minimum atomic E-state index is -4.32. The molecular formula is C20H16F3NO3S. The number of aryl methyl sites for hydroxylation is 1. The summed E-state index contributed by atoms with van der Waals surface area (Å²) in [6.07, 6.45) is 1.27. The molecule has 3 rings (SSSR count). The molecule has 146 valence electrons. The van der Waals surface area contributed by atoms with Crippen LogP contribution in [0.15, 0.2) is 57.8 Å². The predicted molar refractivity (Wildman–Crippen MR) is 99.6 cm³/mol. The van der Waals surface area contributed by atoms with Crippen molar-refractivity contribution in [3.05, 3.63) is 65.5 Å². The number of halogens is 3. The molecule has 0 radical (unpaired) electrons. The summed E-state index contributed by atoms with van der Waals surface area (Å²) in [5.74, 6) is 1.62. The average Bonchev–Trinajstić information content (AvgIpc) is 3.02. The minimum absolute atomic E-state index is 0.105. The Bertz CT molecular complexity index is 935. The summed E-state index contributed by atoms with van der Waals surface area (Å²) >= 11 is -0.163. The van der Waals surface area contributed by atoms with Crippen molar-refractivity contribution >= 4 is 18.0 Å². The van der Waals surface area contributed by atoms with Gasteiger partial charge in [-0.3, -0.25) is 4.79 Å². The van der Waals surface area contributed by atoms with Crippen LogP contribution in [-0.2, 0) is 6.42 Å². The van der Waals surface area contributed by atoms with Gasteiger partial charge in [0.1, 0.15) is 17.8 Å². The number of carbonyl (C=O) groups is 1. The van der Waals surface area contributed by atoms with Crippen LogP contribution in [-0.4, -0.2) is 23.4 Å². The summed E-state index contributed by atoms with van der Waals surface area (Å²) in [6, 6.07) is 12.6. The molecule has 28 heavy (non-hydrogen) atoms. The highest BCUT2D eigenvalue weighted by Gasteiger charge is 2.29. The molecule has 0 atom stereocenters. The van der Waals surface area contributed by atoms with Crippen molar-refractivity contribution in [1.29, 1.82) is 0 Å². The number of carbonyl (C=O) groups excluding carboxylic acids is 1. The molecular weight excluding hydrogens is 391 g/mol. The lowest BCUT2D eigenvalue weighted by Gasteiger charge is -2.05. The number of aldehydes is 1. The summed E-state index contributed by atoms with van der Waals surface area (Å²) in [5.41, 5.74) is -2.43. The Morgan fingerprint density at radius 2 is 1.79 bits per heavy atom. The first-order chi connectivity index (χ1) is 13.3. The van der Waals surface area contributed by atoms with Crippen LogP contribution in [0.4, 0.5) is 13.2 Å². The molecule has 0 unspecified atom stereocenters. The maximum Gasteiger partial charge on any atom is 0.446 e. The molecule has 0 aliphatic carbocycles. The Kier molecular flexibility index (Phi) is 6.08. The van der Waals surface area contributed by atoms with E-state index in [1.807, 2.05) is 0 Å². The van der Waals surface area contributed by atoms with E-state index in [2.05, 4.69) is 4.98 Å². The molecule has 0 saturated heterocycles. The van der Waals surface area contributed by atoms with Gasteiger partial charge in [0.25, 0.3) is 0 Å². The second-order valence-corrected chi connectivity index (χ2v) is 7.02. The zero-order valence-electron chi connectivity index (χ0n) is 14.8. The van der Waals surface area contributed by atoms with Crippen molar-refractivity contribution in [3.63, 3.8) is 0 Å². The summed E-state index contributed by atoms with van der Waals surface area (Å²) in [7, 11) is 0. The number of ether oxygens (including phenoxy) is 1. The molecule has 0 saturated carbocycles. The van der Waals surface area contributed by atoms with Crippen LogP contribution in [0, 0.1) is 6.92 Å². The molecule has 2 aromatic carbocycles. The molecule has 0 N–H and O–H groups in total. The fourth-order valence-electron chi connectivity index (χ4n) is 2.49. The number of hydrogen-bond donors (Lipinski definition) is 0. The van der Waals surface area contributed by atoms with Crippen molar-refractivity contribution in [2.45, 2.75) is 23.7 Å². The van der Waals surface area contributed by atoms with Crippen molar-refractivity contribution in [2.24, 2.45) is 0 Å². The lowest BCUT2D eigenvalue weighted by molar-refractivity contribution is -0.0328. The van der Waals surface area contributed by atoms with Gasteiger partial charge in [-0.2, -0.15) is 13.2 Å². The normalized spacial score (nSPS) is 11.4. The Morgan fingerprint density at radius 3 is 2.39 bits per heavy atom.